The van der Waals surface area contributed by atoms with Crippen LogP contribution in [0.15, 0.2) is 0 Å². The van der Waals surface area contributed by atoms with Crippen molar-refractivity contribution in [2.75, 3.05) is 0 Å². The number of hydrogen-bond donors (Lipinski definition) is 3. The van der Waals surface area contributed by atoms with Crippen LogP contribution in [0.3, 0.4) is 0 Å². The standard InChI is InChI=1S/C9H21NO2/c1-9(2,3)7(11)5-4-6-8(10)12/h7-8,11-12H,4-6,10H2,1-3H3. The molecule has 3 heteroatoms. The fourth-order valence-corrected chi connectivity index (χ4v) is 0.953. The lowest BCUT2D eigenvalue weighted by molar-refractivity contribution is 0.0494. The fourth-order valence-electron chi connectivity index (χ4n) is 0.953. The monoisotopic (exact) mass is 175 g/mol. The smallest absolute Gasteiger partial charge is 0.102 e. The van der Waals surface area contributed by atoms with E-state index in [9.17, 15) is 5.11 Å². The van der Waals surface area contributed by atoms with Crippen LogP contribution in [0.5, 0.6) is 0 Å². The van der Waals surface area contributed by atoms with Crippen molar-refractivity contribution in [3.63, 3.8) is 0 Å². The Morgan fingerprint density at radius 2 is 1.67 bits per heavy atom. The van der Waals surface area contributed by atoms with Crippen LogP contribution in [0.25, 0.3) is 0 Å². The molecule has 0 spiro atoms. The Balaban J connectivity index is 3.51. The molecule has 0 heterocycles. The van der Waals surface area contributed by atoms with Gasteiger partial charge in [-0.25, -0.2) is 0 Å². The second-order valence-corrected chi connectivity index (χ2v) is 4.38. The molecule has 0 fully saturated rings. The van der Waals surface area contributed by atoms with Gasteiger partial charge in [-0.15, -0.1) is 0 Å². The molecule has 0 amide bonds. The zero-order valence-electron chi connectivity index (χ0n) is 8.25. The van der Waals surface area contributed by atoms with Crippen LogP contribution in [-0.4, -0.2) is 22.5 Å². The summed E-state index contributed by atoms with van der Waals surface area (Å²) in [5.74, 6) is 0. The van der Waals surface area contributed by atoms with Crippen molar-refractivity contribution in [3.8, 4) is 0 Å². The summed E-state index contributed by atoms with van der Waals surface area (Å²) in [6, 6.07) is 0. The normalized spacial score (nSPS) is 17.5. The van der Waals surface area contributed by atoms with Crippen LogP contribution >= 0.6 is 0 Å². The summed E-state index contributed by atoms with van der Waals surface area (Å²) in [4.78, 5) is 0. The summed E-state index contributed by atoms with van der Waals surface area (Å²) < 4.78 is 0. The lowest BCUT2D eigenvalue weighted by atomic mass is 9.86. The number of rotatable bonds is 4. The third-order valence-electron chi connectivity index (χ3n) is 1.98. The van der Waals surface area contributed by atoms with Crippen molar-refractivity contribution >= 4 is 0 Å². The number of aliphatic hydroxyl groups is 2. The molecular formula is C9H21NO2. The van der Waals surface area contributed by atoms with E-state index in [2.05, 4.69) is 0 Å². The van der Waals surface area contributed by atoms with E-state index < -0.39 is 6.23 Å². The van der Waals surface area contributed by atoms with E-state index in [1.54, 1.807) is 0 Å². The first-order valence-electron chi connectivity index (χ1n) is 4.45. The first-order chi connectivity index (χ1) is 5.34. The van der Waals surface area contributed by atoms with Crippen molar-refractivity contribution < 1.29 is 10.2 Å². The highest BCUT2D eigenvalue weighted by molar-refractivity contribution is 4.72. The van der Waals surface area contributed by atoms with Crippen LogP contribution in [0.4, 0.5) is 0 Å². The Kier molecular flexibility index (Phi) is 4.75. The molecule has 0 rings (SSSR count). The molecule has 0 radical (unpaired) electrons. The predicted molar refractivity (Wildman–Crippen MR) is 49.5 cm³/mol. The number of aliphatic hydroxyl groups excluding tert-OH is 2. The lowest BCUT2D eigenvalue weighted by Gasteiger charge is -2.25. The highest BCUT2D eigenvalue weighted by Gasteiger charge is 2.21. The van der Waals surface area contributed by atoms with Crippen molar-refractivity contribution in [1.29, 1.82) is 0 Å². The van der Waals surface area contributed by atoms with Crippen LogP contribution < -0.4 is 5.73 Å². The van der Waals surface area contributed by atoms with Crippen LogP contribution in [0.2, 0.25) is 0 Å². The molecule has 12 heavy (non-hydrogen) atoms. The molecule has 0 aromatic carbocycles. The highest BCUT2D eigenvalue weighted by atomic mass is 16.3. The molecule has 3 nitrogen and oxygen atoms in total. The first-order valence-corrected chi connectivity index (χ1v) is 4.45. The quantitative estimate of drug-likeness (QED) is 0.555. The second-order valence-electron chi connectivity index (χ2n) is 4.38. The van der Waals surface area contributed by atoms with Crippen LogP contribution in [0.1, 0.15) is 40.0 Å². The van der Waals surface area contributed by atoms with Crippen molar-refractivity contribution in [2.24, 2.45) is 11.1 Å². The molecule has 74 valence electrons. The molecule has 0 aliphatic heterocycles. The van der Waals surface area contributed by atoms with E-state index in [0.29, 0.717) is 12.8 Å². The Hall–Kier alpha value is -0.120. The molecule has 0 saturated carbocycles. The Morgan fingerprint density at radius 3 is 2.00 bits per heavy atom. The van der Waals surface area contributed by atoms with Crippen molar-refractivity contribution in [1.82, 2.24) is 0 Å². The minimum atomic E-state index is -0.739. The van der Waals surface area contributed by atoms with E-state index in [1.807, 2.05) is 20.8 Å². The topological polar surface area (TPSA) is 66.5 Å². The molecule has 0 aliphatic rings. The van der Waals surface area contributed by atoms with E-state index in [0.717, 1.165) is 6.42 Å². The summed E-state index contributed by atoms with van der Waals surface area (Å²) in [5, 5.41) is 18.3. The molecule has 0 bridgehead atoms. The minimum absolute atomic E-state index is 0.0699. The van der Waals surface area contributed by atoms with Crippen LogP contribution in [-0.2, 0) is 0 Å². The maximum Gasteiger partial charge on any atom is 0.102 e. The SMILES string of the molecule is CC(C)(C)C(O)CCCC(N)O. The van der Waals surface area contributed by atoms with Crippen molar-refractivity contribution in [3.05, 3.63) is 0 Å². The molecule has 0 aliphatic carbocycles. The largest absolute Gasteiger partial charge is 0.393 e. The number of hydrogen-bond acceptors (Lipinski definition) is 3. The zero-order chi connectivity index (χ0) is 9.78. The Labute approximate surface area is 74.6 Å². The summed E-state index contributed by atoms with van der Waals surface area (Å²) >= 11 is 0. The predicted octanol–water partition coefficient (Wildman–Crippen LogP) is 0.841. The van der Waals surface area contributed by atoms with E-state index in [4.69, 9.17) is 10.8 Å². The summed E-state index contributed by atoms with van der Waals surface area (Å²) in [7, 11) is 0. The maximum atomic E-state index is 9.58. The van der Waals surface area contributed by atoms with Gasteiger partial charge in [-0.2, -0.15) is 0 Å². The molecule has 0 saturated heterocycles. The van der Waals surface area contributed by atoms with Gasteiger partial charge >= 0.3 is 0 Å². The van der Waals surface area contributed by atoms with Gasteiger partial charge in [0.25, 0.3) is 0 Å². The summed E-state index contributed by atoms with van der Waals surface area (Å²) in [5.41, 5.74) is 5.09. The van der Waals surface area contributed by atoms with Gasteiger partial charge in [0.1, 0.15) is 6.23 Å². The highest BCUT2D eigenvalue weighted by Crippen LogP contribution is 2.22. The Bertz CT molecular complexity index is 118. The molecule has 0 aromatic rings. The van der Waals surface area contributed by atoms with Gasteiger partial charge < -0.3 is 15.9 Å². The second kappa shape index (κ2) is 4.80. The number of nitrogens with two attached hydrogens (primary N) is 1. The molecular weight excluding hydrogens is 154 g/mol. The van der Waals surface area contributed by atoms with Crippen LogP contribution in [0, 0.1) is 5.41 Å². The Morgan fingerprint density at radius 1 is 1.17 bits per heavy atom. The maximum absolute atomic E-state index is 9.58. The third-order valence-corrected chi connectivity index (χ3v) is 1.98. The van der Waals surface area contributed by atoms with Crippen molar-refractivity contribution in [2.45, 2.75) is 52.4 Å². The minimum Gasteiger partial charge on any atom is -0.393 e. The first kappa shape index (κ1) is 11.9. The van der Waals surface area contributed by atoms with Gasteiger partial charge in [-0.05, 0) is 24.7 Å². The van der Waals surface area contributed by atoms with Gasteiger partial charge in [0.2, 0.25) is 0 Å². The summed E-state index contributed by atoms with van der Waals surface area (Å²) in [6.45, 7) is 5.99. The average Bonchev–Trinajstić information content (AvgIpc) is 1.84. The average molecular weight is 175 g/mol. The van der Waals surface area contributed by atoms with Gasteiger partial charge in [-0.1, -0.05) is 20.8 Å². The lowest BCUT2D eigenvalue weighted by Crippen LogP contribution is -2.26. The fraction of sp³-hybridized carbons (Fsp3) is 1.00. The van der Waals surface area contributed by atoms with E-state index in [1.165, 1.54) is 0 Å². The zero-order valence-corrected chi connectivity index (χ0v) is 8.25. The molecule has 4 N–H and O–H groups in total. The van der Waals surface area contributed by atoms with Gasteiger partial charge in [-0.3, -0.25) is 0 Å². The van der Waals surface area contributed by atoms with Gasteiger partial charge in [0.05, 0.1) is 6.10 Å². The molecule has 2 unspecified atom stereocenters. The van der Waals surface area contributed by atoms with Gasteiger partial charge in [0.15, 0.2) is 0 Å². The summed E-state index contributed by atoms with van der Waals surface area (Å²) in [6.07, 6.45) is 0.995. The molecule has 2 atom stereocenters. The van der Waals surface area contributed by atoms with E-state index in [-0.39, 0.29) is 11.5 Å². The molecule has 0 aromatic heterocycles. The third kappa shape index (κ3) is 5.52. The van der Waals surface area contributed by atoms with E-state index >= 15 is 0 Å². The van der Waals surface area contributed by atoms with Gasteiger partial charge in [0, 0.05) is 0 Å².